The maximum absolute atomic E-state index is 14.7. The number of fused-ring (bicyclic) bond motifs is 1. The average molecular weight is 744 g/mol. The fraction of sp³-hybridized carbons (Fsp3) is 0.641. The van der Waals surface area contributed by atoms with Crippen molar-refractivity contribution in [3.05, 3.63) is 41.9 Å². The number of hydrogen-bond acceptors (Lipinski definition) is 6. The number of aliphatic carboxylic acids is 1. The molecule has 2 N–H and O–H groups in total. The standard InChI is InChI=1S/C39H46F5N5O4/c1-3-25(4-2)49-18-31(29-10-9-28(16-32(29)49)53-27-7-5-26(6-8-27)48-19-37(40,41)20-48)34-45-17-30(33(46-34)39(42,43)44)35(50)47-38(36(51)52)23-12-21-11-22(14-23)15-24(38)13-21/h9-10,16-18,21-27H,3-8,11-15,19-20H2,1-2H3,(H,47,50)(H,51,52)/t21?,22?,23?,24?,26-,27-,38?. The first-order chi connectivity index (χ1) is 25.2. The smallest absolute Gasteiger partial charge is 0.434 e. The number of aromatic nitrogens is 3. The van der Waals surface area contributed by atoms with E-state index in [0.717, 1.165) is 56.7 Å². The first-order valence-electron chi connectivity index (χ1n) is 19.1. The maximum Gasteiger partial charge on any atom is 0.434 e. The molecule has 1 amide bonds. The summed E-state index contributed by atoms with van der Waals surface area (Å²) < 4.78 is 79.4. The highest BCUT2D eigenvalue weighted by molar-refractivity contribution is 6.00. The van der Waals surface area contributed by atoms with Crippen LogP contribution in [0.4, 0.5) is 22.0 Å². The molecule has 6 fully saturated rings. The second-order valence-electron chi connectivity index (χ2n) is 16.3. The monoisotopic (exact) mass is 743 g/mol. The van der Waals surface area contributed by atoms with Gasteiger partial charge in [0.1, 0.15) is 11.3 Å². The second-order valence-corrected chi connectivity index (χ2v) is 16.3. The molecule has 286 valence electrons. The van der Waals surface area contributed by atoms with Gasteiger partial charge in [0.2, 0.25) is 0 Å². The lowest BCUT2D eigenvalue weighted by Crippen LogP contribution is -2.70. The molecular formula is C39H46F5N5O4. The molecule has 2 aromatic heterocycles. The highest BCUT2D eigenvalue weighted by Gasteiger charge is 2.62. The van der Waals surface area contributed by atoms with Crippen LogP contribution < -0.4 is 10.1 Å². The molecule has 9 rings (SSSR count). The Morgan fingerprint density at radius 2 is 1.64 bits per heavy atom. The number of benzene rings is 1. The van der Waals surface area contributed by atoms with Gasteiger partial charge in [0, 0.05) is 41.5 Å². The number of nitrogens with one attached hydrogen (secondary N) is 1. The highest BCUT2D eigenvalue weighted by atomic mass is 19.4. The third-order valence-electron chi connectivity index (χ3n) is 13.1. The van der Waals surface area contributed by atoms with Crippen molar-refractivity contribution in [1.29, 1.82) is 0 Å². The van der Waals surface area contributed by atoms with E-state index < -0.39 is 40.8 Å². The molecule has 9 nitrogen and oxygen atoms in total. The summed E-state index contributed by atoms with van der Waals surface area (Å²) in [4.78, 5) is 36.7. The Kier molecular flexibility index (Phi) is 9.01. The summed E-state index contributed by atoms with van der Waals surface area (Å²) in [6, 6.07) is 5.58. The zero-order chi connectivity index (χ0) is 37.4. The molecule has 3 aromatic rings. The average Bonchev–Trinajstić information content (AvgIpc) is 3.47. The Morgan fingerprint density at radius 3 is 2.21 bits per heavy atom. The van der Waals surface area contributed by atoms with E-state index in [0.29, 0.717) is 54.2 Å². The molecule has 1 saturated heterocycles. The van der Waals surface area contributed by atoms with Crippen molar-refractivity contribution >= 4 is 22.8 Å². The van der Waals surface area contributed by atoms with Gasteiger partial charge in [0.15, 0.2) is 11.5 Å². The van der Waals surface area contributed by atoms with E-state index in [1.54, 1.807) is 18.3 Å². The van der Waals surface area contributed by atoms with Gasteiger partial charge in [-0.2, -0.15) is 13.2 Å². The van der Waals surface area contributed by atoms with E-state index in [4.69, 9.17) is 4.74 Å². The van der Waals surface area contributed by atoms with Crippen molar-refractivity contribution < 1.29 is 41.4 Å². The number of alkyl halides is 5. The number of carboxylic acid groups (broad SMARTS) is 1. The largest absolute Gasteiger partial charge is 0.490 e. The Bertz CT molecular complexity index is 1860. The highest BCUT2D eigenvalue weighted by Crippen LogP contribution is 2.58. The van der Waals surface area contributed by atoms with Gasteiger partial charge in [-0.1, -0.05) is 13.8 Å². The summed E-state index contributed by atoms with van der Waals surface area (Å²) in [5.74, 6) is -4.42. The number of carboxylic acids is 1. The van der Waals surface area contributed by atoms with Crippen LogP contribution in [0, 0.1) is 23.7 Å². The first-order valence-corrected chi connectivity index (χ1v) is 19.1. The van der Waals surface area contributed by atoms with E-state index in [1.807, 2.05) is 29.4 Å². The fourth-order valence-electron chi connectivity index (χ4n) is 10.7. The fourth-order valence-corrected chi connectivity index (χ4v) is 10.7. The van der Waals surface area contributed by atoms with Crippen molar-refractivity contribution in [3.8, 4) is 17.1 Å². The number of nitrogens with zero attached hydrogens (tertiary/aromatic N) is 4. The first kappa shape index (κ1) is 36.2. The molecule has 0 radical (unpaired) electrons. The SMILES string of the molecule is CCC(CC)n1cc(-c2ncc(C(=O)NC3(C(=O)O)C4CC5CC(C4)CC3C5)c(C(F)(F)F)n2)c2ccc(O[C@H]3CC[C@H](N4CC(F)(F)C4)CC3)cc21. The van der Waals surface area contributed by atoms with E-state index in [9.17, 15) is 36.6 Å². The summed E-state index contributed by atoms with van der Waals surface area (Å²) in [5.41, 5.74) is -2.73. The molecule has 0 spiro atoms. The summed E-state index contributed by atoms with van der Waals surface area (Å²) >= 11 is 0. The van der Waals surface area contributed by atoms with E-state index in [1.165, 1.54) is 0 Å². The summed E-state index contributed by atoms with van der Waals surface area (Å²) in [6.45, 7) is 3.69. The number of carbonyl (C=O) groups is 2. The Balaban J connectivity index is 1.08. The molecule has 4 bridgehead atoms. The third kappa shape index (κ3) is 6.36. The molecule has 53 heavy (non-hydrogen) atoms. The molecule has 14 heteroatoms. The summed E-state index contributed by atoms with van der Waals surface area (Å²) in [7, 11) is 0. The van der Waals surface area contributed by atoms with Gasteiger partial charge in [0.25, 0.3) is 11.8 Å². The third-order valence-corrected chi connectivity index (χ3v) is 13.1. The zero-order valence-corrected chi connectivity index (χ0v) is 30.0. The minimum atomic E-state index is -5.02. The number of ether oxygens (including phenoxy) is 1. The van der Waals surface area contributed by atoms with Crippen molar-refractivity contribution in [1.82, 2.24) is 24.8 Å². The summed E-state index contributed by atoms with van der Waals surface area (Å²) in [6.07, 6.45) is 5.62. The van der Waals surface area contributed by atoms with Crippen molar-refractivity contribution in [3.63, 3.8) is 0 Å². The van der Waals surface area contributed by atoms with Crippen LogP contribution in [0.15, 0.2) is 30.6 Å². The zero-order valence-electron chi connectivity index (χ0n) is 30.0. The Morgan fingerprint density at radius 1 is 1.00 bits per heavy atom. The van der Waals surface area contributed by atoms with E-state index >= 15 is 0 Å². The van der Waals surface area contributed by atoms with Crippen LogP contribution in [0.25, 0.3) is 22.3 Å². The van der Waals surface area contributed by atoms with Crippen LogP contribution in [0.3, 0.4) is 0 Å². The van der Waals surface area contributed by atoms with Gasteiger partial charge in [0.05, 0.1) is 30.3 Å². The quantitative estimate of drug-likeness (QED) is 0.202. The predicted molar refractivity (Wildman–Crippen MR) is 186 cm³/mol. The van der Waals surface area contributed by atoms with Gasteiger partial charge in [-0.25, -0.2) is 23.5 Å². The van der Waals surface area contributed by atoms with Crippen LogP contribution in [0.2, 0.25) is 0 Å². The van der Waals surface area contributed by atoms with Gasteiger partial charge in [-0.3, -0.25) is 9.69 Å². The maximum atomic E-state index is 14.7. The topological polar surface area (TPSA) is 110 Å². The number of halogens is 5. The molecule has 0 atom stereocenters. The number of amides is 1. The van der Waals surface area contributed by atoms with Crippen molar-refractivity contribution in [2.45, 2.75) is 120 Å². The molecule has 1 aliphatic heterocycles. The van der Waals surface area contributed by atoms with Crippen LogP contribution in [0.1, 0.15) is 107 Å². The molecule has 3 heterocycles. The Hall–Kier alpha value is -3.81. The van der Waals surface area contributed by atoms with Crippen LogP contribution in [-0.4, -0.2) is 73.1 Å². The number of hydrogen-bond donors (Lipinski definition) is 2. The molecule has 5 aliphatic carbocycles. The molecule has 5 saturated carbocycles. The minimum absolute atomic E-state index is 0.0203. The predicted octanol–water partition coefficient (Wildman–Crippen LogP) is 8.13. The lowest BCUT2D eigenvalue weighted by Gasteiger charge is -2.59. The number of rotatable bonds is 10. The Labute approximate surface area is 304 Å². The van der Waals surface area contributed by atoms with Crippen LogP contribution >= 0.6 is 0 Å². The van der Waals surface area contributed by atoms with E-state index in [2.05, 4.69) is 15.3 Å². The van der Waals surface area contributed by atoms with Crippen LogP contribution in [-0.2, 0) is 11.0 Å². The van der Waals surface area contributed by atoms with Gasteiger partial charge >= 0.3 is 12.1 Å². The van der Waals surface area contributed by atoms with E-state index in [-0.39, 0.29) is 48.9 Å². The lowest BCUT2D eigenvalue weighted by molar-refractivity contribution is -0.163. The van der Waals surface area contributed by atoms with Gasteiger partial charge in [-0.05, 0) is 106 Å². The van der Waals surface area contributed by atoms with Crippen molar-refractivity contribution in [2.24, 2.45) is 23.7 Å². The molecular weight excluding hydrogens is 697 g/mol. The molecule has 6 aliphatic rings. The minimum Gasteiger partial charge on any atom is -0.490 e. The van der Waals surface area contributed by atoms with Crippen molar-refractivity contribution in [2.75, 3.05) is 13.1 Å². The normalized spacial score (nSPS) is 30.8. The molecule has 1 aromatic carbocycles. The summed E-state index contributed by atoms with van der Waals surface area (Å²) in [5, 5.41) is 13.7. The number of carbonyl (C=O) groups excluding carboxylic acids is 1. The lowest BCUT2D eigenvalue weighted by atomic mass is 9.48. The number of likely N-dealkylation sites (tertiary alicyclic amines) is 1. The van der Waals surface area contributed by atoms with Gasteiger partial charge < -0.3 is 19.7 Å². The van der Waals surface area contributed by atoms with Crippen LogP contribution in [0.5, 0.6) is 5.75 Å². The molecule has 0 unspecified atom stereocenters. The second kappa shape index (κ2) is 13.2. The van der Waals surface area contributed by atoms with Gasteiger partial charge in [-0.15, -0.1) is 0 Å².